The molecule has 0 N–H and O–H groups in total. The number of carbonyl (C=O) groups excluding carboxylic acids is 2. The maximum Gasteiger partial charge on any atom is 0.189 e. The predicted octanol–water partition coefficient (Wildman–Crippen LogP) is 5.45. The highest BCUT2D eigenvalue weighted by Gasteiger charge is 2.74. The molecular formula is C32H28N2O2. The Bertz CT molecular complexity index is 1580. The molecule has 1 fully saturated rings. The molecule has 0 bridgehead atoms. The van der Waals surface area contributed by atoms with Gasteiger partial charge in [-0.3, -0.25) is 14.5 Å². The minimum Gasteiger partial charge on any atom is -0.378 e. The Balaban J connectivity index is 1.54. The summed E-state index contributed by atoms with van der Waals surface area (Å²) < 4.78 is 0. The van der Waals surface area contributed by atoms with Gasteiger partial charge < -0.3 is 4.90 Å². The first-order valence-electron chi connectivity index (χ1n) is 12.6. The minimum atomic E-state index is -1.04. The van der Waals surface area contributed by atoms with E-state index in [0.29, 0.717) is 13.0 Å². The molecule has 1 saturated heterocycles. The van der Waals surface area contributed by atoms with Gasteiger partial charge in [0.05, 0.1) is 5.41 Å². The van der Waals surface area contributed by atoms with E-state index in [1.54, 1.807) is 0 Å². The smallest absolute Gasteiger partial charge is 0.189 e. The summed E-state index contributed by atoms with van der Waals surface area (Å²) in [6.07, 6.45) is 0.558. The van der Waals surface area contributed by atoms with Crippen molar-refractivity contribution in [1.29, 1.82) is 0 Å². The van der Waals surface area contributed by atoms with E-state index in [4.69, 9.17) is 0 Å². The van der Waals surface area contributed by atoms with Gasteiger partial charge in [0.25, 0.3) is 0 Å². The molecule has 1 heterocycles. The second-order valence-corrected chi connectivity index (χ2v) is 10.8. The third kappa shape index (κ3) is 2.33. The number of ketones is 2. The monoisotopic (exact) mass is 472 g/mol. The molecule has 36 heavy (non-hydrogen) atoms. The van der Waals surface area contributed by atoms with Crippen molar-refractivity contribution in [3.63, 3.8) is 0 Å². The highest BCUT2D eigenvalue weighted by Crippen LogP contribution is 2.67. The molecule has 3 aliphatic rings. The van der Waals surface area contributed by atoms with Crippen LogP contribution in [-0.2, 0) is 12.0 Å². The number of fused-ring (bicyclic) bond motifs is 3. The normalized spacial score (nSPS) is 26.5. The van der Waals surface area contributed by atoms with Crippen molar-refractivity contribution >= 4 is 28.0 Å². The number of nitrogens with zero attached hydrogens (tertiary/aromatic N) is 2. The lowest BCUT2D eigenvalue weighted by Gasteiger charge is -2.44. The van der Waals surface area contributed by atoms with Crippen LogP contribution in [-0.4, -0.2) is 44.2 Å². The third-order valence-corrected chi connectivity index (χ3v) is 9.09. The van der Waals surface area contributed by atoms with Crippen molar-refractivity contribution in [2.75, 3.05) is 32.6 Å². The standard InChI is InChI=1S/C32H28N2O2/c1-33(2)23-16-14-20(15-17-23)27-19-34(3)32(31(27)18-22-8-4-5-11-24(22)29(31)35)26-13-7-10-21-9-6-12-25(28(21)26)30(32)36/h4-17,27H,18-19H2,1-3H3/t27-,31+,32+/m1/s1. The molecular weight excluding hydrogens is 444 g/mol. The number of carbonyl (C=O) groups is 2. The zero-order valence-corrected chi connectivity index (χ0v) is 20.8. The van der Waals surface area contributed by atoms with Crippen molar-refractivity contribution < 1.29 is 9.59 Å². The van der Waals surface area contributed by atoms with Gasteiger partial charge in [0, 0.05) is 43.4 Å². The molecule has 2 spiro atoms. The first-order valence-corrected chi connectivity index (χ1v) is 12.6. The first kappa shape index (κ1) is 21.5. The van der Waals surface area contributed by atoms with Gasteiger partial charge in [-0.1, -0.05) is 72.8 Å². The Morgan fingerprint density at radius 1 is 0.806 bits per heavy atom. The van der Waals surface area contributed by atoms with Crippen LogP contribution in [0, 0.1) is 5.41 Å². The van der Waals surface area contributed by atoms with E-state index in [1.807, 2.05) is 57.5 Å². The van der Waals surface area contributed by atoms with Crippen LogP contribution in [0.2, 0.25) is 0 Å². The third-order valence-electron chi connectivity index (χ3n) is 9.09. The zero-order chi connectivity index (χ0) is 24.8. The Hall–Kier alpha value is -3.76. The van der Waals surface area contributed by atoms with E-state index in [0.717, 1.165) is 44.3 Å². The average molecular weight is 473 g/mol. The van der Waals surface area contributed by atoms with Gasteiger partial charge >= 0.3 is 0 Å². The van der Waals surface area contributed by atoms with Crippen molar-refractivity contribution in [2.24, 2.45) is 5.41 Å². The van der Waals surface area contributed by atoms with Crippen LogP contribution in [0.4, 0.5) is 5.69 Å². The van der Waals surface area contributed by atoms with E-state index in [1.165, 1.54) is 0 Å². The number of hydrogen-bond acceptors (Lipinski definition) is 4. The molecule has 4 aromatic rings. The van der Waals surface area contributed by atoms with Crippen LogP contribution in [0.15, 0.2) is 84.9 Å². The molecule has 0 saturated carbocycles. The van der Waals surface area contributed by atoms with Crippen LogP contribution < -0.4 is 4.90 Å². The van der Waals surface area contributed by atoms with Gasteiger partial charge in [-0.05, 0) is 53.1 Å². The fraction of sp³-hybridized carbons (Fsp3) is 0.250. The summed E-state index contributed by atoms with van der Waals surface area (Å²) in [5.74, 6) is 0.0415. The van der Waals surface area contributed by atoms with Gasteiger partial charge in [0.1, 0.15) is 5.54 Å². The van der Waals surface area contributed by atoms with Crippen LogP contribution in [0.25, 0.3) is 10.8 Å². The maximum atomic E-state index is 14.7. The molecule has 0 amide bonds. The highest BCUT2D eigenvalue weighted by atomic mass is 16.1. The molecule has 0 unspecified atom stereocenters. The number of rotatable bonds is 2. The second kappa shape index (κ2) is 7.14. The second-order valence-electron chi connectivity index (χ2n) is 10.8. The molecule has 4 heteroatoms. The fourth-order valence-corrected chi connectivity index (χ4v) is 7.62. The summed E-state index contributed by atoms with van der Waals surface area (Å²) >= 11 is 0. The lowest BCUT2D eigenvalue weighted by atomic mass is 9.58. The largest absolute Gasteiger partial charge is 0.378 e. The van der Waals surface area contributed by atoms with Gasteiger partial charge in [-0.2, -0.15) is 0 Å². The Morgan fingerprint density at radius 3 is 2.22 bits per heavy atom. The van der Waals surface area contributed by atoms with Crippen LogP contribution in [0.1, 0.15) is 43.3 Å². The predicted molar refractivity (Wildman–Crippen MR) is 143 cm³/mol. The van der Waals surface area contributed by atoms with E-state index < -0.39 is 11.0 Å². The molecule has 3 atom stereocenters. The molecule has 178 valence electrons. The Kier molecular flexibility index (Phi) is 4.27. The first-order chi connectivity index (χ1) is 17.4. The number of anilines is 1. The lowest BCUT2D eigenvalue weighted by Crippen LogP contribution is -2.57. The van der Waals surface area contributed by atoms with E-state index >= 15 is 0 Å². The molecule has 2 aliphatic carbocycles. The van der Waals surface area contributed by atoms with E-state index in [-0.39, 0.29) is 17.5 Å². The minimum absolute atomic E-state index is 0.0605. The highest BCUT2D eigenvalue weighted by molar-refractivity contribution is 6.24. The van der Waals surface area contributed by atoms with Gasteiger partial charge in [0.2, 0.25) is 0 Å². The van der Waals surface area contributed by atoms with Crippen molar-refractivity contribution in [2.45, 2.75) is 17.9 Å². The summed E-state index contributed by atoms with van der Waals surface area (Å²) in [5.41, 5.74) is 3.79. The van der Waals surface area contributed by atoms with Crippen molar-refractivity contribution in [3.8, 4) is 0 Å². The van der Waals surface area contributed by atoms with E-state index in [2.05, 4.69) is 58.3 Å². The SMILES string of the molecule is CN(C)c1ccc([C@H]2CN(C)[C@@]3(C(=O)c4cccc5cccc3c45)[C@@]23Cc2ccccc2C3=O)cc1. The fourth-order valence-electron chi connectivity index (χ4n) is 7.62. The van der Waals surface area contributed by atoms with Crippen molar-refractivity contribution in [1.82, 2.24) is 4.90 Å². The van der Waals surface area contributed by atoms with Gasteiger partial charge in [-0.15, -0.1) is 0 Å². The number of likely N-dealkylation sites (tertiary alicyclic amines) is 1. The molecule has 0 radical (unpaired) electrons. The summed E-state index contributed by atoms with van der Waals surface area (Å²) in [6, 6.07) is 28.6. The van der Waals surface area contributed by atoms with E-state index in [9.17, 15) is 9.59 Å². The van der Waals surface area contributed by atoms with Crippen LogP contribution in [0.5, 0.6) is 0 Å². The zero-order valence-electron chi connectivity index (χ0n) is 20.8. The summed E-state index contributed by atoms with van der Waals surface area (Å²) in [5, 5.41) is 2.06. The number of hydrogen-bond donors (Lipinski definition) is 0. The molecule has 7 rings (SSSR count). The Morgan fingerprint density at radius 2 is 1.50 bits per heavy atom. The number of benzene rings is 4. The topological polar surface area (TPSA) is 40.6 Å². The van der Waals surface area contributed by atoms with Crippen molar-refractivity contribution in [3.05, 3.63) is 113 Å². The maximum absolute atomic E-state index is 14.7. The summed E-state index contributed by atoms with van der Waals surface area (Å²) in [4.78, 5) is 33.7. The van der Waals surface area contributed by atoms with Crippen LogP contribution >= 0.6 is 0 Å². The molecule has 0 aromatic heterocycles. The lowest BCUT2D eigenvalue weighted by molar-refractivity contribution is 0.0342. The average Bonchev–Trinajstić information content (AvgIpc) is 3.44. The number of Topliss-reactive ketones (excluding diaryl/α,β-unsaturated/α-hetero) is 2. The van der Waals surface area contributed by atoms with Gasteiger partial charge in [-0.25, -0.2) is 0 Å². The number of likely N-dealkylation sites (N-methyl/N-ethyl adjacent to an activating group) is 1. The molecule has 4 nitrogen and oxygen atoms in total. The Labute approximate surface area is 211 Å². The summed E-state index contributed by atoms with van der Waals surface area (Å²) in [6.45, 7) is 0.636. The van der Waals surface area contributed by atoms with Gasteiger partial charge in [0.15, 0.2) is 11.6 Å². The van der Waals surface area contributed by atoms with Crippen LogP contribution in [0.3, 0.4) is 0 Å². The summed E-state index contributed by atoms with van der Waals surface area (Å²) in [7, 11) is 6.09. The molecule has 4 aromatic carbocycles. The molecule has 1 aliphatic heterocycles. The quantitative estimate of drug-likeness (QED) is 0.389.